The Balaban J connectivity index is 0.759. The molecule has 21 heteroatoms. The number of hydrogen-bond donors (Lipinski definition) is 3. The van der Waals surface area contributed by atoms with Gasteiger partial charge in [0.2, 0.25) is 17.7 Å². The molecular formula is C54H69ClN8O10S2. The van der Waals surface area contributed by atoms with Gasteiger partial charge in [-0.25, -0.2) is 4.98 Å². The van der Waals surface area contributed by atoms with Crippen molar-refractivity contribution >= 4 is 63.7 Å². The van der Waals surface area contributed by atoms with Crippen LogP contribution in [0.15, 0.2) is 59.0 Å². The molecule has 1 saturated heterocycles. The van der Waals surface area contributed by atoms with Crippen LogP contribution in [-0.4, -0.2) is 143 Å². The number of aliphatic imine (C=N–C) groups is 1. The summed E-state index contributed by atoms with van der Waals surface area (Å²) in [6.45, 7) is 19.2. The van der Waals surface area contributed by atoms with Gasteiger partial charge < -0.3 is 44.3 Å². The van der Waals surface area contributed by atoms with E-state index in [4.69, 9.17) is 40.3 Å². The zero-order chi connectivity index (χ0) is 54.0. The predicted octanol–water partition coefficient (Wildman–Crippen LogP) is 7.24. The van der Waals surface area contributed by atoms with Gasteiger partial charge in [0.1, 0.15) is 42.2 Å². The monoisotopic (exact) mass is 1090 g/mol. The number of aliphatic hydroxyl groups excluding tert-OH is 1. The van der Waals surface area contributed by atoms with Crippen molar-refractivity contribution in [2.24, 2.45) is 16.3 Å². The van der Waals surface area contributed by atoms with Gasteiger partial charge in [-0.05, 0) is 68.9 Å². The van der Waals surface area contributed by atoms with Crippen LogP contribution in [0.4, 0.5) is 0 Å². The number of hydrogen-bond acceptors (Lipinski definition) is 16. The summed E-state index contributed by atoms with van der Waals surface area (Å²) in [7, 11) is 0. The minimum atomic E-state index is -0.980. The third-order valence-corrected chi connectivity index (χ3v) is 15.5. The number of aromatic nitrogens is 4. The summed E-state index contributed by atoms with van der Waals surface area (Å²) in [5.41, 5.74) is 7.72. The molecule has 3 N–H and O–H groups in total. The number of β-amino-alcohol motifs (C(OH)–C–C–N with tert-alkyl or cyclic N) is 1. The summed E-state index contributed by atoms with van der Waals surface area (Å²) >= 11 is 9.44. The molecule has 5 heterocycles. The average molecular weight is 1090 g/mol. The van der Waals surface area contributed by atoms with E-state index in [1.165, 1.54) is 4.90 Å². The molecule has 75 heavy (non-hydrogen) atoms. The maximum atomic E-state index is 14.1. The van der Waals surface area contributed by atoms with E-state index in [9.17, 15) is 24.3 Å². The molecule has 3 amide bonds. The number of esters is 1. The zero-order valence-electron chi connectivity index (χ0n) is 44.1. The third kappa shape index (κ3) is 14.7. The van der Waals surface area contributed by atoms with Crippen LogP contribution in [0.2, 0.25) is 5.02 Å². The van der Waals surface area contributed by atoms with Crippen LogP contribution >= 0.6 is 34.3 Å². The van der Waals surface area contributed by atoms with Crippen molar-refractivity contribution in [1.29, 1.82) is 0 Å². The second-order valence-corrected chi connectivity index (χ2v) is 22.6. The topological polar surface area (TPSA) is 218 Å². The standard InChI is InChI=1S/C54H69ClN8O10S2/c1-31(28-72-29-44(65)59-49(54(7,8)9)52(68)62-26-41(64)24-43(62)51(67)57-33(3)37-10-12-39(13-11-37)48-34(4)56-30-74-48)27-71-21-20-69-18-19-70-22-23-73-45(66)25-42-50-61-60-36(6)63(50)53-46(32(2)35(5)75-53)47(58-42)38-14-16-40(55)17-15-38/h10-17,30-31,33,41-43,49,64H,18-29H2,1-9H3,(H,57,67)(H,59,65)/t31?,33-,41-,42-,43-,49?/m0/s1. The fourth-order valence-electron chi connectivity index (χ4n) is 8.91. The van der Waals surface area contributed by atoms with Crippen LogP contribution in [0.1, 0.15) is 104 Å². The Kier molecular flexibility index (Phi) is 19.9. The first-order chi connectivity index (χ1) is 35.8. The number of thiazole rings is 1. The molecule has 1 fully saturated rings. The molecule has 2 aliphatic rings. The molecule has 3 aromatic heterocycles. The van der Waals surface area contributed by atoms with Gasteiger partial charge in [-0.3, -0.25) is 28.7 Å². The number of benzene rings is 2. The van der Waals surface area contributed by atoms with E-state index in [1.54, 1.807) is 22.7 Å². The van der Waals surface area contributed by atoms with E-state index < -0.39 is 47.4 Å². The summed E-state index contributed by atoms with van der Waals surface area (Å²) in [6.07, 6.45) is -0.838. The average Bonchev–Trinajstić information content (AvgIpc) is 4.14. The summed E-state index contributed by atoms with van der Waals surface area (Å²) < 4.78 is 30.3. The number of amides is 3. The maximum Gasteiger partial charge on any atom is 0.308 e. The number of carbonyl (C=O) groups is 4. The van der Waals surface area contributed by atoms with Crippen molar-refractivity contribution in [2.75, 3.05) is 66.0 Å². The van der Waals surface area contributed by atoms with Gasteiger partial charge in [-0.15, -0.1) is 32.9 Å². The van der Waals surface area contributed by atoms with E-state index in [2.05, 4.69) is 39.7 Å². The van der Waals surface area contributed by atoms with Gasteiger partial charge in [0.25, 0.3) is 0 Å². The Bertz CT molecular complexity index is 2790. The Hall–Kier alpha value is -5.45. The lowest BCUT2D eigenvalue weighted by molar-refractivity contribution is -0.145. The number of carbonyl (C=O) groups excluding carboxylic acids is 4. The number of rotatable bonds is 24. The van der Waals surface area contributed by atoms with E-state index >= 15 is 0 Å². The van der Waals surface area contributed by atoms with Crippen LogP contribution < -0.4 is 10.6 Å². The maximum absolute atomic E-state index is 14.1. The Morgan fingerprint density at radius 3 is 2.17 bits per heavy atom. The summed E-state index contributed by atoms with van der Waals surface area (Å²) in [5, 5.41) is 26.9. The van der Waals surface area contributed by atoms with E-state index in [0.29, 0.717) is 49.7 Å². The number of aliphatic hydroxyl groups is 1. The molecule has 0 bridgehead atoms. The molecule has 2 aromatic carbocycles. The van der Waals surface area contributed by atoms with Gasteiger partial charge in [-0.1, -0.05) is 75.7 Å². The highest BCUT2D eigenvalue weighted by molar-refractivity contribution is 7.15. The number of fused-ring (bicyclic) bond motifs is 3. The SMILES string of the molecule is Cc1ncsc1-c1ccc([C@H](C)NC(=O)[C@@H]2C[C@H](O)CN2C(=O)C(NC(=O)COCC(C)COCCOCCOCCOC(=O)C[C@@H]2N=C(c3ccc(Cl)cc3)c3c(sc(C)c3C)-n3c(C)nnc32)C(C)(C)C)cc1. The van der Waals surface area contributed by atoms with Crippen LogP contribution in [0.5, 0.6) is 0 Å². The van der Waals surface area contributed by atoms with Crippen LogP contribution in [0.3, 0.4) is 0 Å². The first-order valence-corrected chi connectivity index (χ1v) is 27.3. The van der Waals surface area contributed by atoms with Crippen molar-refractivity contribution < 1.29 is 48.0 Å². The van der Waals surface area contributed by atoms with Crippen LogP contribution in [0, 0.1) is 39.0 Å². The number of ether oxygens (including phenoxy) is 5. The zero-order valence-corrected chi connectivity index (χ0v) is 46.5. The Morgan fingerprint density at radius 2 is 1.51 bits per heavy atom. The summed E-state index contributed by atoms with van der Waals surface area (Å²) in [5.74, 6) is -0.503. The molecule has 404 valence electrons. The fourth-order valence-corrected chi connectivity index (χ4v) is 11.1. The van der Waals surface area contributed by atoms with Crippen molar-refractivity contribution in [1.82, 2.24) is 35.3 Å². The Morgan fingerprint density at radius 1 is 0.853 bits per heavy atom. The second kappa shape index (κ2) is 26.1. The van der Waals surface area contributed by atoms with Crippen LogP contribution in [0.25, 0.3) is 15.4 Å². The summed E-state index contributed by atoms with van der Waals surface area (Å²) in [4.78, 5) is 67.2. The molecule has 0 radical (unpaired) electrons. The number of nitrogens with zero attached hydrogens (tertiary/aromatic N) is 6. The molecule has 0 spiro atoms. The molecule has 18 nitrogen and oxygen atoms in total. The lowest BCUT2D eigenvalue weighted by Gasteiger charge is -2.35. The first-order valence-electron chi connectivity index (χ1n) is 25.2. The largest absolute Gasteiger partial charge is 0.463 e. The molecule has 7 rings (SSSR count). The van der Waals surface area contributed by atoms with E-state index in [-0.39, 0.29) is 63.7 Å². The van der Waals surface area contributed by atoms with E-state index in [1.807, 2.05) is 107 Å². The lowest BCUT2D eigenvalue weighted by atomic mass is 9.85. The number of nitrogens with one attached hydrogen (secondary N) is 2. The predicted molar refractivity (Wildman–Crippen MR) is 288 cm³/mol. The molecule has 2 aliphatic heterocycles. The smallest absolute Gasteiger partial charge is 0.308 e. The van der Waals surface area contributed by atoms with Gasteiger partial charge in [0.15, 0.2) is 5.82 Å². The van der Waals surface area contributed by atoms with Crippen molar-refractivity contribution in [3.63, 3.8) is 0 Å². The first kappa shape index (κ1) is 57.3. The molecule has 5 aromatic rings. The quantitative estimate of drug-likeness (QED) is 0.0411. The third-order valence-electron chi connectivity index (χ3n) is 13.0. The summed E-state index contributed by atoms with van der Waals surface area (Å²) in [6, 6.07) is 12.6. The van der Waals surface area contributed by atoms with Crippen LogP contribution in [-0.2, 0) is 42.9 Å². The number of halogens is 1. The van der Waals surface area contributed by atoms with E-state index in [0.717, 1.165) is 54.0 Å². The fraction of sp³-hybridized carbons (Fsp3) is 0.519. The van der Waals surface area contributed by atoms with Crippen molar-refractivity contribution in [2.45, 2.75) is 105 Å². The van der Waals surface area contributed by atoms with Gasteiger partial charge in [0, 0.05) is 39.9 Å². The van der Waals surface area contributed by atoms with Gasteiger partial charge >= 0.3 is 5.97 Å². The second-order valence-electron chi connectivity index (χ2n) is 20.1. The van der Waals surface area contributed by atoms with Crippen molar-refractivity contribution in [3.8, 4) is 15.4 Å². The number of aryl methyl sites for hydroxylation is 3. The molecular weight excluding hydrogens is 1020 g/mol. The van der Waals surface area contributed by atoms with Gasteiger partial charge in [-0.2, -0.15) is 0 Å². The normalized spacial score (nSPS) is 17.6. The molecule has 2 unspecified atom stereocenters. The Labute approximate surface area is 451 Å². The number of thiophene rings is 1. The highest BCUT2D eigenvalue weighted by atomic mass is 35.5. The molecule has 6 atom stereocenters. The van der Waals surface area contributed by atoms with Gasteiger partial charge in [0.05, 0.1) is 86.6 Å². The number of likely N-dealkylation sites (tertiary alicyclic amines) is 1. The van der Waals surface area contributed by atoms with Crippen molar-refractivity contribution in [3.05, 3.63) is 104 Å². The highest BCUT2D eigenvalue weighted by Gasteiger charge is 2.45. The lowest BCUT2D eigenvalue weighted by Crippen LogP contribution is -2.58. The minimum absolute atomic E-state index is 0.0284. The highest BCUT2D eigenvalue weighted by Crippen LogP contribution is 2.40. The molecule has 0 saturated carbocycles. The minimum Gasteiger partial charge on any atom is -0.463 e. The molecule has 0 aliphatic carbocycles.